The third-order valence-electron chi connectivity index (χ3n) is 4.30. The van der Waals surface area contributed by atoms with Crippen LogP contribution in [0.1, 0.15) is 37.6 Å². The summed E-state index contributed by atoms with van der Waals surface area (Å²) in [6.07, 6.45) is 3.83. The standard InChI is InChI=1S/C15H21N3OS/c1-3-12-4-6-17(7-5-12)9-13-8-14(19)18-11(2)10-20-15(18)16-13/h8,10,12H,3-7,9H2,1-2H3. The lowest BCUT2D eigenvalue weighted by molar-refractivity contribution is 0.173. The monoisotopic (exact) mass is 291 g/mol. The predicted octanol–water partition coefficient (Wildman–Crippen LogP) is 2.69. The highest BCUT2D eigenvalue weighted by Gasteiger charge is 2.18. The van der Waals surface area contributed by atoms with E-state index in [4.69, 9.17) is 0 Å². The smallest absolute Gasteiger partial charge is 0.259 e. The molecule has 2 aromatic heterocycles. The molecule has 3 heterocycles. The van der Waals surface area contributed by atoms with Gasteiger partial charge in [0.2, 0.25) is 0 Å². The van der Waals surface area contributed by atoms with Crippen LogP contribution in [0.5, 0.6) is 0 Å². The van der Waals surface area contributed by atoms with Crippen molar-refractivity contribution >= 4 is 16.3 Å². The van der Waals surface area contributed by atoms with Crippen LogP contribution in [0.15, 0.2) is 16.2 Å². The van der Waals surface area contributed by atoms with Crippen molar-refractivity contribution < 1.29 is 0 Å². The molecule has 0 radical (unpaired) electrons. The van der Waals surface area contributed by atoms with Gasteiger partial charge in [-0.1, -0.05) is 13.3 Å². The molecule has 0 aromatic carbocycles. The maximum absolute atomic E-state index is 12.1. The van der Waals surface area contributed by atoms with Crippen molar-refractivity contribution in [1.29, 1.82) is 0 Å². The number of fused-ring (bicyclic) bond motifs is 1. The number of likely N-dealkylation sites (tertiary alicyclic amines) is 1. The van der Waals surface area contributed by atoms with Gasteiger partial charge in [-0.15, -0.1) is 11.3 Å². The Labute approximate surface area is 123 Å². The summed E-state index contributed by atoms with van der Waals surface area (Å²) < 4.78 is 1.69. The Morgan fingerprint density at radius 1 is 1.40 bits per heavy atom. The van der Waals surface area contributed by atoms with Crippen molar-refractivity contribution in [2.45, 2.75) is 39.7 Å². The minimum atomic E-state index is 0.0483. The molecule has 108 valence electrons. The molecule has 0 amide bonds. The van der Waals surface area contributed by atoms with Crippen LogP contribution in [0, 0.1) is 12.8 Å². The molecule has 0 aliphatic carbocycles. The molecule has 0 saturated carbocycles. The van der Waals surface area contributed by atoms with Crippen molar-refractivity contribution in [2.24, 2.45) is 5.92 Å². The Bertz CT molecular complexity index is 653. The largest absolute Gasteiger partial charge is 0.297 e. The van der Waals surface area contributed by atoms with E-state index in [-0.39, 0.29) is 5.56 Å². The average molecular weight is 291 g/mol. The van der Waals surface area contributed by atoms with Crippen LogP contribution in [-0.4, -0.2) is 27.4 Å². The van der Waals surface area contributed by atoms with E-state index in [1.165, 1.54) is 19.3 Å². The Morgan fingerprint density at radius 3 is 2.85 bits per heavy atom. The average Bonchev–Trinajstić information content (AvgIpc) is 2.81. The summed E-state index contributed by atoms with van der Waals surface area (Å²) >= 11 is 1.54. The van der Waals surface area contributed by atoms with Crippen molar-refractivity contribution in [1.82, 2.24) is 14.3 Å². The summed E-state index contributed by atoms with van der Waals surface area (Å²) in [6.45, 7) is 7.28. The third-order valence-corrected chi connectivity index (χ3v) is 5.24. The quantitative estimate of drug-likeness (QED) is 0.872. The summed E-state index contributed by atoms with van der Waals surface area (Å²) in [4.78, 5) is 20.0. The second-order valence-electron chi connectivity index (χ2n) is 5.71. The maximum atomic E-state index is 12.1. The van der Waals surface area contributed by atoms with E-state index in [0.29, 0.717) is 0 Å². The lowest BCUT2D eigenvalue weighted by Crippen LogP contribution is -2.33. The van der Waals surface area contributed by atoms with Crippen LogP contribution in [0.25, 0.3) is 4.96 Å². The number of thiazole rings is 1. The highest BCUT2D eigenvalue weighted by atomic mass is 32.1. The molecule has 1 aliphatic heterocycles. The van der Waals surface area contributed by atoms with Gasteiger partial charge in [-0.3, -0.25) is 14.1 Å². The Hall–Kier alpha value is -1.20. The molecule has 0 unspecified atom stereocenters. The zero-order valence-corrected chi connectivity index (χ0v) is 12.9. The summed E-state index contributed by atoms with van der Waals surface area (Å²) in [7, 11) is 0. The van der Waals surface area contributed by atoms with Crippen molar-refractivity contribution in [3.05, 3.63) is 33.2 Å². The number of hydrogen-bond acceptors (Lipinski definition) is 4. The molecular formula is C15H21N3OS. The van der Waals surface area contributed by atoms with Gasteiger partial charge in [0.05, 0.1) is 5.69 Å². The number of aryl methyl sites for hydroxylation is 1. The molecule has 1 aliphatic rings. The SMILES string of the molecule is CCC1CCN(Cc2cc(=O)n3c(C)csc3n2)CC1. The van der Waals surface area contributed by atoms with Crippen molar-refractivity contribution in [3.63, 3.8) is 0 Å². The molecule has 1 saturated heterocycles. The molecule has 0 atom stereocenters. The molecule has 4 nitrogen and oxygen atoms in total. The summed E-state index contributed by atoms with van der Waals surface area (Å²) in [5.41, 5.74) is 1.93. The minimum Gasteiger partial charge on any atom is -0.297 e. The first-order chi connectivity index (χ1) is 9.67. The van der Waals surface area contributed by atoms with E-state index in [9.17, 15) is 4.79 Å². The molecule has 0 N–H and O–H groups in total. The normalized spacial score (nSPS) is 17.9. The first-order valence-corrected chi connectivity index (χ1v) is 8.24. The van der Waals surface area contributed by atoms with Gasteiger partial charge in [0, 0.05) is 23.7 Å². The van der Waals surface area contributed by atoms with Crippen LogP contribution in [0.4, 0.5) is 0 Å². The number of aromatic nitrogens is 2. The summed E-state index contributed by atoms with van der Waals surface area (Å²) in [5.74, 6) is 0.882. The summed E-state index contributed by atoms with van der Waals surface area (Å²) in [5, 5.41) is 1.99. The fourth-order valence-corrected chi connectivity index (χ4v) is 3.85. The molecule has 0 spiro atoms. The summed E-state index contributed by atoms with van der Waals surface area (Å²) in [6, 6.07) is 1.69. The topological polar surface area (TPSA) is 37.6 Å². The first-order valence-electron chi connectivity index (χ1n) is 7.36. The zero-order chi connectivity index (χ0) is 14.1. The van der Waals surface area contributed by atoms with E-state index in [2.05, 4.69) is 16.8 Å². The first kappa shape index (κ1) is 13.8. The fourth-order valence-electron chi connectivity index (χ4n) is 2.96. The van der Waals surface area contributed by atoms with E-state index in [1.807, 2.05) is 12.3 Å². The molecular weight excluding hydrogens is 270 g/mol. The highest BCUT2D eigenvalue weighted by molar-refractivity contribution is 7.15. The Kier molecular flexibility index (Phi) is 3.89. The lowest BCUT2D eigenvalue weighted by atomic mass is 9.94. The van der Waals surface area contributed by atoms with Gasteiger partial charge in [0.1, 0.15) is 0 Å². The number of rotatable bonds is 3. The van der Waals surface area contributed by atoms with Gasteiger partial charge in [-0.2, -0.15) is 0 Å². The predicted molar refractivity (Wildman–Crippen MR) is 82.4 cm³/mol. The van der Waals surface area contributed by atoms with Crippen LogP contribution in [-0.2, 0) is 6.54 Å². The van der Waals surface area contributed by atoms with Crippen LogP contribution in [0.3, 0.4) is 0 Å². The van der Waals surface area contributed by atoms with E-state index in [1.54, 1.807) is 21.8 Å². The third kappa shape index (κ3) is 2.65. The second kappa shape index (κ2) is 5.66. The van der Waals surface area contributed by atoms with E-state index < -0.39 is 0 Å². The van der Waals surface area contributed by atoms with Gasteiger partial charge in [0.25, 0.3) is 5.56 Å². The van der Waals surface area contributed by atoms with Gasteiger partial charge in [0.15, 0.2) is 4.96 Å². The maximum Gasteiger partial charge on any atom is 0.259 e. The lowest BCUT2D eigenvalue weighted by Gasteiger charge is -2.31. The molecule has 3 rings (SSSR count). The van der Waals surface area contributed by atoms with E-state index in [0.717, 1.165) is 41.9 Å². The van der Waals surface area contributed by atoms with Gasteiger partial charge in [-0.05, 0) is 38.8 Å². The van der Waals surface area contributed by atoms with Crippen LogP contribution < -0.4 is 5.56 Å². The molecule has 1 fully saturated rings. The molecule has 0 bridgehead atoms. The van der Waals surface area contributed by atoms with Crippen molar-refractivity contribution in [3.8, 4) is 0 Å². The molecule has 5 heteroatoms. The van der Waals surface area contributed by atoms with Crippen LogP contribution >= 0.6 is 11.3 Å². The minimum absolute atomic E-state index is 0.0483. The Morgan fingerprint density at radius 2 is 2.15 bits per heavy atom. The number of hydrogen-bond donors (Lipinski definition) is 0. The van der Waals surface area contributed by atoms with Gasteiger partial charge < -0.3 is 0 Å². The van der Waals surface area contributed by atoms with Gasteiger partial charge in [-0.25, -0.2) is 4.98 Å². The second-order valence-corrected chi connectivity index (χ2v) is 6.55. The highest BCUT2D eigenvalue weighted by Crippen LogP contribution is 2.21. The fraction of sp³-hybridized carbons (Fsp3) is 0.600. The van der Waals surface area contributed by atoms with E-state index >= 15 is 0 Å². The van der Waals surface area contributed by atoms with Crippen LogP contribution in [0.2, 0.25) is 0 Å². The Balaban J connectivity index is 1.77. The number of piperidine rings is 1. The van der Waals surface area contributed by atoms with Gasteiger partial charge >= 0.3 is 0 Å². The van der Waals surface area contributed by atoms with Crippen molar-refractivity contribution in [2.75, 3.05) is 13.1 Å². The molecule has 20 heavy (non-hydrogen) atoms. The number of nitrogens with zero attached hydrogens (tertiary/aromatic N) is 3. The molecule has 2 aromatic rings. The zero-order valence-electron chi connectivity index (χ0n) is 12.1.